The Morgan fingerprint density at radius 1 is 1.07 bits per heavy atom. The normalized spacial score (nSPS) is 15.4. The summed E-state index contributed by atoms with van der Waals surface area (Å²) in [4.78, 5) is 41.6. The summed E-state index contributed by atoms with van der Waals surface area (Å²) in [6, 6.07) is 13.1. The number of nitrogens with zero attached hydrogens (tertiary/aromatic N) is 4. The van der Waals surface area contributed by atoms with Gasteiger partial charge < -0.3 is 15.5 Å². The summed E-state index contributed by atoms with van der Waals surface area (Å²) < 4.78 is 39.4. The molecule has 0 unspecified atom stereocenters. The first-order valence-electron chi connectivity index (χ1n) is 13.0. The van der Waals surface area contributed by atoms with E-state index in [2.05, 4.69) is 20.6 Å². The molecule has 0 bridgehead atoms. The van der Waals surface area contributed by atoms with Gasteiger partial charge in [-0.1, -0.05) is 18.2 Å². The average molecular weight is 559 g/mol. The smallest absolute Gasteiger partial charge is 0.350 e. The molecular formula is C30H25F3N6O2. The van der Waals surface area contributed by atoms with E-state index in [0.717, 1.165) is 34.5 Å². The molecule has 1 fully saturated rings. The van der Waals surface area contributed by atoms with Crippen LogP contribution in [0.2, 0.25) is 0 Å². The number of fused-ring (bicyclic) bond motifs is 2. The lowest BCUT2D eigenvalue weighted by Crippen LogP contribution is -2.45. The third-order valence-corrected chi connectivity index (χ3v) is 7.43. The van der Waals surface area contributed by atoms with Crippen LogP contribution < -0.4 is 15.5 Å². The first kappa shape index (κ1) is 26.4. The summed E-state index contributed by atoms with van der Waals surface area (Å²) in [7, 11) is 0. The second-order valence-corrected chi connectivity index (χ2v) is 10.3. The number of rotatable bonds is 6. The molecule has 1 spiro atoms. The first-order chi connectivity index (χ1) is 19.6. The van der Waals surface area contributed by atoms with Gasteiger partial charge in [0.15, 0.2) is 0 Å². The number of amides is 2. The molecule has 8 nitrogen and oxygen atoms in total. The van der Waals surface area contributed by atoms with E-state index in [1.54, 1.807) is 41.7 Å². The molecule has 11 heteroatoms. The Morgan fingerprint density at radius 2 is 1.90 bits per heavy atom. The molecule has 1 aliphatic carbocycles. The summed E-state index contributed by atoms with van der Waals surface area (Å²) in [5.74, 6) is -0.318. The van der Waals surface area contributed by atoms with Gasteiger partial charge in [-0.25, -0.2) is 9.97 Å². The molecule has 41 heavy (non-hydrogen) atoms. The molecular weight excluding hydrogens is 533 g/mol. The fourth-order valence-electron chi connectivity index (χ4n) is 5.10. The van der Waals surface area contributed by atoms with Gasteiger partial charge in [0.2, 0.25) is 11.9 Å². The molecule has 2 aromatic heterocycles. The van der Waals surface area contributed by atoms with E-state index < -0.39 is 23.1 Å². The maximum absolute atomic E-state index is 13.8. The number of hydrogen-bond donors (Lipinski definition) is 2. The van der Waals surface area contributed by atoms with Crippen LogP contribution in [0.25, 0.3) is 0 Å². The van der Waals surface area contributed by atoms with E-state index in [1.165, 1.54) is 12.1 Å². The molecule has 1 saturated carbocycles. The van der Waals surface area contributed by atoms with Crippen molar-refractivity contribution >= 4 is 29.1 Å². The van der Waals surface area contributed by atoms with Crippen LogP contribution in [0.1, 0.15) is 51.1 Å². The SMILES string of the molecule is Cc1ccc(NC(=O)c2cccc(C(F)(F)F)c2)cc1N1Cc2cnc(NCc3cccnc3)nc2C2(CC2)C1=O. The van der Waals surface area contributed by atoms with Gasteiger partial charge in [-0.15, -0.1) is 0 Å². The predicted molar refractivity (Wildman–Crippen MR) is 146 cm³/mol. The molecule has 1 aliphatic heterocycles. The van der Waals surface area contributed by atoms with Gasteiger partial charge in [-0.3, -0.25) is 14.6 Å². The summed E-state index contributed by atoms with van der Waals surface area (Å²) in [5.41, 5.74) is 2.58. The number of aryl methyl sites for hydroxylation is 1. The topological polar surface area (TPSA) is 100 Å². The highest BCUT2D eigenvalue weighted by molar-refractivity contribution is 6.07. The monoisotopic (exact) mass is 558 g/mol. The summed E-state index contributed by atoms with van der Waals surface area (Å²) in [5, 5.41) is 5.87. The molecule has 2 aliphatic rings. The third-order valence-electron chi connectivity index (χ3n) is 7.43. The van der Waals surface area contributed by atoms with Crippen molar-refractivity contribution in [2.75, 3.05) is 15.5 Å². The van der Waals surface area contributed by atoms with Crippen molar-refractivity contribution in [3.8, 4) is 0 Å². The molecule has 2 N–H and O–H groups in total. The Labute approximate surface area is 233 Å². The number of benzene rings is 2. The zero-order chi connectivity index (χ0) is 28.8. The van der Waals surface area contributed by atoms with Crippen molar-refractivity contribution in [3.63, 3.8) is 0 Å². The fourth-order valence-corrected chi connectivity index (χ4v) is 5.10. The second kappa shape index (κ2) is 9.99. The average Bonchev–Trinajstić information content (AvgIpc) is 3.77. The van der Waals surface area contributed by atoms with Crippen molar-refractivity contribution in [2.45, 2.75) is 44.4 Å². The molecule has 3 heterocycles. The van der Waals surface area contributed by atoms with E-state index in [4.69, 9.17) is 4.98 Å². The molecule has 0 radical (unpaired) electrons. The minimum Gasteiger partial charge on any atom is -0.350 e. The van der Waals surface area contributed by atoms with Crippen molar-refractivity contribution < 1.29 is 22.8 Å². The lowest BCUT2D eigenvalue weighted by Gasteiger charge is -2.34. The maximum Gasteiger partial charge on any atom is 0.416 e. The van der Waals surface area contributed by atoms with Crippen molar-refractivity contribution in [3.05, 3.63) is 107 Å². The van der Waals surface area contributed by atoms with E-state index in [0.29, 0.717) is 36.7 Å². The molecule has 2 amide bonds. The third kappa shape index (κ3) is 5.10. The molecule has 208 valence electrons. The minimum absolute atomic E-state index is 0.0774. The summed E-state index contributed by atoms with van der Waals surface area (Å²) in [6.45, 7) is 2.61. The second-order valence-electron chi connectivity index (χ2n) is 10.3. The Balaban J connectivity index is 1.24. The lowest BCUT2D eigenvalue weighted by atomic mass is 9.91. The number of pyridine rings is 1. The van der Waals surface area contributed by atoms with Crippen molar-refractivity contribution in [2.24, 2.45) is 0 Å². The fraction of sp³-hybridized carbons (Fsp3) is 0.233. The number of carbonyl (C=O) groups is 2. The van der Waals surface area contributed by atoms with Crippen LogP contribution in [0.15, 0.2) is 73.2 Å². The zero-order valence-corrected chi connectivity index (χ0v) is 22.0. The van der Waals surface area contributed by atoms with Crippen LogP contribution >= 0.6 is 0 Å². The highest BCUT2D eigenvalue weighted by atomic mass is 19.4. The van der Waals surface area contributed by atoms with Gasteiger partial charge in [-0.2, -0.15) is 13.2 Å². The lowest BCUT2D eigenvalue weighted by molar-refractivity contribution is -0.137. The number of nitrogens with one attached hydrogen (secondary N) is 2. The minimum atomic E-state index is -4.56. The van der Waals surface area contributed by atoms with Crippen molar-refractivity contribution in [1.29, 1.82) is 0 Å². The molecule has 2 aromatic carbocycles. The predicted octanol–water partition coefficient (Wildman–Crippen LogP) is 5.64. The maximum atomic E-state index is 13.8. The number of alkyl halides is 3. The number of carbonyl (C=O) groups excluding carboxylic acids is 2. The van der Waals surface area contributed by atoms with Gasteiger partial charge >= 0.3 is 6.18 Å². The summed E-state index contributed by atoms with van der Waals surface area (Å²) in [6.07, 6.45) is 1.97. The largest absolute Gasteiger partial charge is 0.416 e. The zero-order valence-electron chi connectivity index (χ0n) is 22.0. The first-order valence-corrected chi connectivity index (χ1v) is 13.0. The number of halogens is 3. The van der Waals surface area contributed by atoms with Crippen molar-refractivity contribution in [1.82, 2.24) is 15.0 Å². The van der Waals surface area contributed by atoms with Crippen LogP contribution in [0.5, 0.6) is 0 Å². The Kier molecular flexibility index (Phi) is 6.44. The van der Waals surface area contributed by atoms with E-state index >= 15 is 0 Å². The molecule has 6 rings (SSSR count). The Bertz CT molecular complexity index is 1650. The highest BCUT2D eigenvalue weighted by Gasteiger charge is 2.58. The number of aromatic nitrogens is 3. The Hall–Kier alpha value is -4.80. The quantitative estimate of drug-likeness (QED) is 0.318. The molecule has 4 aromatic rings. The number of anilines is 3. The van der Waals surface area contributed by atoms with Gasteiger partial charge in [-0.05, 0) is 67.3 Å². The summed E-state index contributed by atoms with van der Waals surface area (Å²) >= 11 is 0. The molecule has 0 saturated heterocycles. The van der Waals surface area contributed by atoms with Crippen LogP contribution in [0.4, 0.5) is 30.5 Å². The highest BCUT2D eigenvalue weighted by Crippen LogP contribution is 2.53. The van der Waals surface area contributed by atoms with Gasteiger partial charge in [0.05, 0.1) is 23.2 Å². The standard InChI is InChI=1S/C30H25F3N6O2/c1-18-7-8-23(37-26(40)20-5-2-6-22(12-20)30(31,32)33)13-24(18)39-17-21-16-36-28(35-15-19-4-3-11-34-14-19)38-25(21)29(9-10-29)27(39)41/h2-8,11-14,16H,9-10,15,17H2,1H3,(H,37,40)(H,35,36,38). The van der Waals surface area contributed by atoms with Gasteiger partial charge in [0.25, 0.3) is 5.91 Å². The van der Waals surface area contributed by atoms with Crippen LogP contribution in [0, 0.1) is 6.92 Å². The van der Waals surface area contributed by atoms with Crippen LogP contribution in [-0.4, -0.2) is 26.8 Å². The molecule has 0 atom stereocenters. The number of hydrogen-bond acceptors (Lipinski definition) is 6. The van der Waals surface area contributed by atoms with E-state index in [9.17, 15) is 22.8 Å². The van der Waals surface area contributed by atoms with Crippen LogP contribution in [0.3, 0.4) is 0 Å². The van der Waals surface area contributed by atoms with E-state index in [1.807, 2.05) is 19.1 Å². The van der Waals surface area contributed by atoms with Crippen LogP contribution in [-0.2, 0) is 29.5 Å². The van der Waals surface area contributed by atoms with Gasteiger partial charge in [0.1, 0.15) is 0 Å². The van der Waals surface area contributed by atoms with Gasteiger partial charge in [0, 0.05) is 47.6 Å². The Morgan fingerprint density at radius 3 is 2.63 bits per heavy atom. The van der Waals surface area contributed by atoms with E-state index in [-0.39, 0.29) is 18.0 Å².